The molecule has 0 saturated heterocycles. The summed E-state index contributed by atoms with van der Waals surface area (Å²) < 4.78 is 25.1. The predicted octanol–water partition coefficient (Wildman–Crippen LogP) is 2.61. The van der Waals surface area contributed by atoms with Crippen molar-refractivity contribution in [1.29, 1.82) is 0 Å². The second kappa shape index (κ2) is 4.18. The third-order valence-corrected chi connectivity index (χ3v) is 1.87. The molecule has 3 nitrogen and oxygen atoms in total. The molecule has 1 aromatic heterocycles. The number of rotatable bonds is 2. The summed E-state index contributed by atoms with van der Waals surface area (Å²) in [6, 6.07) is 2.92. The van der Waals surface area contributed by atoms with Gasteiger partial charge in [0, 0.05) is 10.7 Å². The summed E-state index contributed by atoms with van der Waals surface area (Å²) in [4.78, 5) is 14.3. The minimum atomic E-state index is -3.92. The number of amides is 1. The molecular formula is C7H4BrClF2N2O. The highest BCUT2D eigenvalue weighted by Crippen LogP contribution is 2.20. The Morgan fingerprint density at radius 3 is 2.64 bits per heavy atom. The van der Waals surface area contributed by atoms with Gasteiger partial charge in [0.25, 0.3) is 0 Å². The van der Waals surface area contributed by atoms with E-state index in [4.69, 9.17) is 0 Å². The molecule has 0 radical (unpaired) electrons. The van der Waals surface area contributed by atoms with Crippen molar-refractivity contribution in [3.05, 3.63) is 22.8 Å². The Kier molecular flexibility index (Phi) is 3.38. The summed E-state index contributed by atoms with van der Waals surface area (Å²) in [5, 5.41) is -2.07. The zero-order valence-electron chi connectivity index (χ0n) is 6.60. The van der Waals surface area contributed by atoms with E-state index >= 15 is 0 Å². The van der Waals surface area contributed by atoms with Crippen LogP contribution < -0.4 is 5.32 Å². The van der Waals surface area contributed by atoms with E-state index in [1.165, 1.54) is 12.3 Å². The van der Waals surface area contributed by atoms with Crippen LogP contribution in [0.25, 0.3) is 0 Å². The summed E-state index contributed by atoms with van der Waals surface area (Å²) in [5.74, 6) is -1.59. The van der Waals surface area contributed by atoms with Gasteiger partial charge in [-0.25, -0.2) is 4.98 Å². The van der Waals surface area contributed by atoms with Crippen molar-refractivity contribution in [2.24, 2.45) is 0 Å². The van der Waals surface area contributed by atoms with Gasteiger partial charge in [0.1, 0.15) is 5.82 Å². The number of carbonyl (C=O) groups excluding carboxylic acids is 1. The van der Waals surface area contributed by atoms with Crippen LogP contribution in [-0.4, -0.2) is 16.3 Å². The highest BCUT2D eigenvalue weighted by Gasteiger charge is 2.35. The molecule has 1 N–H and O–H groups in total. The van der Waals surface area contributed by atoms with Gasteiger partial charge < -0.3 is 5.32 Å². The number of hydrogen-bond acceptors (Lipinski definition) is 2. The van der Waals surface area contributed by atoms with Gasteiger partial charge in [-0.15, -0.1) is 0 Å². The highest BCUT2D eigenvalue weighted by molar-refractivity contribution is 9.10. The standard InChI is InChI=1S/C7H4BrClF2N2O/c8-4-1-2-5(12-3-4)13-6(14)7(9,10)11/h1-3H,(H,12,13,14). The molecule has 0 saturated carbocycles. The molecule has 0 unspecified atom stereocenters. The molecule has 1 heterocycles. The van der Waals surface area contributed by atoms with E-state index in [2.05, 4.69) is 32.5 Å². The molecule has 0 aromatic carbocycles. The maximum Gasteiger partial charge on any atom is 0.400 e. The van der Waals surface area contributed by atoms with Crippen LogP contribution in [0, 0.1) is 0 Å². The van der Waals surface area contributed by atoms with E-state index in [1.54, 1.807) is 6.07 Å². The second-order valence-electron chi connectivity index (χ2n) is 2.31. The van der Waals surface area contributed by atoms with Crippen molar-refractivity contribution in [3.8, 4) is 0 Å². The normalized spacial score (nSPS) is 11.1. The fourth-order valence-electron chi connectivity index (χ4n) is 0.637. The fraction of sp³-hybridized carbons (Fsp3) is 0.143. The minimum Gasteiger partial charge on any atom is -0.304 e. The van der Waals surface area contributed by atoms with E-state index in [-0.39, 0.29) is 5.82 Å². The monoisotopic (exact) mass is 284 g/mol. The molecule has 0 spiro atoms. The Bertz CT molecular complexity index is 339. The van der Waals surface area contributed by atoms with Gasteiger partial charge >= 0.3 is 11.3 Å². The van der Waals surface area contributed by atoms with Crippen molar-refractivity contribution >= 4 is 39.3 Å². The molecule has 14 heavy (non-hydrogen) atoms. The van der Waals surface area contributed by atoms with Gasteiger partial charge in [0.15, 0.2) is 0 Å². The molecule has 0 aliphatic rings. The average Bonchev–Trinajstić information content (AvgIpc) is 2.07. The van der Waals surface area contributed by atoms with Crippen LogP contribution in [0.15, 0.2) is 22.8 Å². The fourth-order valence-corrected chi connectivity index (χ4v) is 0.919. The topological polar surface area (TPSA) is 42.0 Å². The third kappa shape index (κ3) is 3.19. The smallest absolute Gasteiger partial charge is 0.304 e. The lowest BCUT2D eigenvalue weighted by Crippen LogP contribution is -2.29. The van der Waals surface area contributed by atoms with Crippen LogP contribution >= 0.6 is 27.5 Å². The zero-order valence-corrected chi connectivity index (χ0v) is 8.94. The largest absolute Gasteiger partial charge is 0.400 e. The number of pyridine rings is 1. The highest BCUT2D eigenvalue weighted by atomic mass is 79.9. The van der Waals surface area contributed by atoms with Crippen LogP contribution in [0.5, 0.6) is 0 Å². The Labute approximate surface area is 91.6 Å². The molecule has 0 aliphatic carbocycles. The van der Waals surface area contributed by atoms with Crippen molar-refractivity contribution < 1.29 is 13.6 Å². The van der Waals surface area contributed by atoms with Gasteiger partial charge in [-0.05, 0) is 39.7 Å². The quantitative estimate of drug-likeness (QED) is 0.849. The van der Waals surface area contributed by atoms with Crippen LogP contribution in [0.3, 0.4) is 0 Å². The number of carbonyl (C=O) groups is 1. The molecule has 7 heteroatoms. The van der Waals surface area contributed by atoms with E-state index in [0.717, 1.165) is 0 Å². The second-order valence-corrected chi connectivity index (χ2v) is 3.70. The predicted molar refractivity (Wildman–Crippen MR) is 51.4 cm³/mol. The molecule has 76 valence electrons. The first-order chi connectivity index (χ1) is 6.39. The van der Waals surface area contributed by atoms with Gasteiger partial charge in [0.05, 0.1) is 0 Å². The van der Waals surface area contributed by atoms with Crippen molar-refractivity contribution in [2.45, 2.75) is 5.38 Å². The molecule has 1 aromatic rings. The minimum absolute atomic E-state index is 0.0125. The first-order valence-electron chi connectivity index (χ1n) is 3.39. The van der Waals surface area contributed by atoms with Crippen LogP contribution in [0.1, 0.15) is 0 Å². The van der Waals surface area contributed by atoms with Gasteiger partial charge in [-0.3, -0.25) is 4.79 Å². The number of aromatic nitrogens is 1. The lowest BCUT2D eigenvalue weighted by Gasteiger charge is -2.07. The maximum atomic E-state index is 12.2. The first kappa shape index (κ1) is 11.3. The van der Waals surface area contributed by atoms with E-state index in [1.807, 2.05) is 5.32 Å². The number of alkyl halides is 3. The zero-order chi connectivity index (χ0) is 10.8. The average molecular weight is 285 g/mol. The van der Waals surface area contributed by atoms with Crippen LogP contribution in [0.4, 0.5) is 14.6 Å². The number of nitrogens with zero attached hydrogens (tertiary/aromatic N) is 1. The Morgan fingerprint density at radius 2 is 2.21 bits per heavy atom. The molecule has 0 fully saturated rings. The summed E-state index contributed by atoms with van der Waals surface area (Å²) >= 11 is 7.58. The SMILES string of the molecule is O=C(Nc1ccc(Br)cn1)C(F)(F)Cl. The Hall–Kier alpha value is -0.750. The lowest BCUT2D eigenvalue weighted by molar-refractivity contribution is -0.130. The lowest BCUT2D eigenvalue weighted by atomic mass is 10.4. The molecular weight excluding hydrogens is 281 g/mol. The summed E-state index contributed by atoms with van der Waals surface area (Å²) in [7, 11) is 0. The molecule has 0 aliphatic heterocycles. The van der Waals surface area contributed by atoms with Crippen molar-refractivity contribution in [3.63, 3.8) is 0 Å². The van der Waals surface area contributed by atoms with Gasteiger partial charge in [-0.1, -0.05) is 0 Å². The molecule has 1 amide bonds. The van der Waals surface area contributed by atoms with E-state index < -0.39 is 11.3 Å². The number of nitrogens with one attached hydrogen (secondary N) is 1. The summed E-state index contributed by atoms with van der Waals surface area (Å²) in [6.07, 6.45) is 1.36. The summed E-state index contributed by atoms with van der Waals surface area (Å²) in [6.45, 7) is 0. The number of anilines is 1. The molecule has 1 rings (SSSR count). The molecule has 0 bridgehead atoms. The third-order valence-electron chi connectivity index (χ3n) is 1.23. The van der Waals surface area contributed by atoms with Gasteiger partial charge in [-0.2, -0.15) is 8.78 Å². The number of hydrogen-bond donors (Lipinski definition) is 1. The van der Waals surface area contributed by atoms with E-state index in [0.29, 0.717) is 4.47 Å². The van der Waals surface area contributed by atoms with Crippen molar-refractivity contribution in [2.75, 3.05) is 5.32 Å². The summed E-state index contributed by atoms with van der Waals surface area (Å²) in [5.41, 5.74) is 0. The maximum absolute atomic E-state index is 12.2. The van der Waals surface area contributed by atoms with Crippen LogP contribution in [0.2, 0.25) is 0 Å². The van der Waals surface area contributed by atoms with Gasteiger partial charge in [0.2, 0.25) is 0 Å². The van der Waals surface area contributed by atoms with Crippen LogP contribution in [-0.2, 0) is 4.79 Å². The van der Waals surface area contributed by atoms with E-state index in [9.17, 15) is 13.6 Å². The number of halogens is 4. The first-order valence-corrected chi connectivity index (χ1v) is 4.56. The Balaban J connectivity index is 2.71. The molecule has 0 atom stereocenters. The Morgan fingerprint density at radius 1 is 1.57 bits per heavy atom. The van der Waals surface area contributed by atoms with Crippen molar-refractivity contribution in [1.82, 2.24) is 4.98 Å².